The number of halogens is 1. The van der Waals surface area contributed by atoms with Crippen LogP contribution in [-0.4, -0.2) is 33.6 Å². The maximum Gasteiger partial charge on any atom is 0.310 e. The molecule has 0 saturated carbocycles. The summed E-state index contributed by atoms with van der Waals surface area (Å²) >= 11 is 6.87. The summed E-state index contributed by atoms with van der Waals surface area (Å²) in [4.78, 5) is 19.1. The Morgan fingerprint density at radius 1 is 0.927 bits per heavy atom. The molecule has 4 aromatic rings. The zero-order chi connectivity index (χ0) is 28.6. The second-order valence-corrected chi connectivity index (χ2v) is 10.5. The summed E-state index contributed by atoms with van der Waals surface area (Å²) in [5.41, 5.74) is 4.15. The predicted octanol–water partition coefficient (Wildman–Crippen LogP) is 7.29. The topological polar surface area (TPSA) is 65.8 Å². The molecule has 5 rings (SSSR count). The van der Waals surface area contributed by atoms with Gasteiger partial charge in [-0.25, -0.2) is 4.98 Å². The Morgan fingerprint density at radius 3 is 2.44 bits per heavy atom. The highest BCUT2D eigenvalue weighted by Gasteiger charge is 2.21. The maximum atomic E-state index is 11.9. The minimum absolute atomic E-state index is 0.254. The second-order valence-electron chi connectivity index (χ2n) is 10.1. The lowest BCUT2D eigenvalue weighted by Crippen LogP contribution is -2.25. The van der Waals surface area contributed by atoms with Crippen molar-refractivity contribution in [3.05, 3.63) is 94.8 Å². The molecular weight excluding hydrogens is 538 g/mol. The third-order valence-electron chi connectivity index (χ3n) is 7.00. The number of carbonyl (C=O) groups excluding carboxylic acids is 1. The van der Waals surface area contributed by atoms with E-state index in [1.54, 1.807) is 6.92 Å². The van der Waals surface area contributed by atoms with Crippen molar-refractivity contribution >= 4 is 17.6 Å². The molecule has 0 fully saturated rings. The lowest BCUT2D eigenvalue weighted by Gasteiger charge is -2.25. The largest absolute Gasteiger partial charge is 0.486 e. The Morgan fingerprint density at radius 2 is 1.68 bits per heavy atom. The molecule has 0 radical (unpaired) electrons. The molecule has 0 N–H and O–H groups in total. The molecule has 0 aliphatic carbocycles. The average molecular weight is 574 g/mol. The van der Waals surface area contributed by atoms with E-state index in [1.807, 2.05) is 54.6 Å². The second kappa shape index (κ2) is 13.7. The van der Waals surface area contributed by atoms with Crippen molar-refractivity contribution in [3.8, 4) is 28.6 Å². The molecule has 0 amide bonds. The third-order valence-corrected chi connectivity index (χ3v) is 7.30. The first-order valence-electron chi connectivity index (χ1n) is 14.2. The highest BCUT2D eigenvalue weighted by atomic mass is 35.5. The maximum absolute atomic E-state index is 11.9. The van der Waals surface area contributed by atoms with Gasteiger partial charge in [-0.3, -0.25) is 9.69 Å². The van der Waals surface area contributed by atoms with Crippen LogP contribution in [0.4, 0.5) is 0 Å². The van der Waals surface area contributed by atoms with Crippen molar-refractivity contribution in [1.29, 1.82) is 0 Å². The number of carbonyl (C=O) groups is 1. The zero-order valence-electron chi connectivity index (χ0n) is 23.6. The van der Waals surface area contributed by atoms with Gasteiger partial charge in [0.05, 0.1) is 5.69 Å². The lowest BCUT2D eigenvalue weighted by molar-refractivity contribution is -0.134. The van der Waals surface area contributed by atoms with Gasteiger partial charge in [0.25, 0.3) is 0 Å². The zero-order valence-corrected chi connectivity index (χ0v) is 24.4. The van der Waals surface area contributed by atoms with E-state index < -0.39 is 0 Å². The van der Waals surface area contributed by atoms with Gasteiger partial charge in [-0.05, 0) is 41.8 Å². The summed E-state index contributed by atoms with van der Waals surface area (Å²) in [6, 6.07) is 24.0. The molecular formula is C33H36ClN3O4. The number of esters is 1. The Hall–Kier alpha value is -3.81. The van der Waals surface area contributed by atoms with E-state index in [4.69, 9.17) is 30.8 Å². The van der Waals surface area contributed by atoms with E-state index in [1.165, 1.54) is 0 Å². The van der Waals surface area contributed by atoms with Crippen LogP contribution in [0.5, 0.6) is 17.2 Å². The number of imidazole rings is 1. The highest BCUT2D eigenvalue weighted by molar-refractivity contribution is 6.30. The summed E-state index contributed by atoms with van der Waals surface area (Å²) in [6.45, 7) is 7.74. The van der Waals surface area contributed by atoms with Crippen LogP contribution >= 0.6 is 11.6 Å². The number of rotatable bonds is 12. The van der Waals surface area contributed by atoms with Crippen molar-refractivity contribution in [2.75, 3.05) is 13.2 Å². The smallest absolute Gasteiger partial charge is 0.310 e. The standard InChI is InChI=1S/C33H36ClN3O4/c1-3-5-16-37-28(32(34)35-33(37)26-11-7-6-8-12-26)23-36(21-24-10-9-13-27(19-24)41-31(38)4-2)22-25-14-15-29-30(20-25)40-18-17-39-29/h6-15,19-20H,3-5,16-18,21-23H2,1-2H3. The van der Waals surface area contributed by atoms with Gasteiger partial charge in [-0.15, -0.1) is 0 Å². The summed E-state index contributed by atoms with van der Waals surface area (Å²) in [7, 11) is 0. The monoisotopic (exact) mass is 573 g/mol. The van der Waals surface area contributed by atoms with Crippen molar-refractivity contribution in [1.82, 2.24) is 14.5 Å². The number of ether oxygens (including phenoxy) is 3. The fourth-order valence-corrected chi connectivity index (χ4v) is 5.21. The average Bonchev–Trinajstić information content (AvgIpc) is 3.30. The molecule has 7 nitrogen and oxygen atoms in total. The van der Waals surface area contributed by atoms with Gasteiger partial charge in [0, 0.05) is 38.2 Å². The van der Waals surface area contributed by atoms with Gasteiger partial charge in [-0.1, -0.05) is 80.4 Å². The minimum atomic E-state index is -0.254. The quantitative estimate of drug-likeness (QED) is 0.131. The van der Waals surface area contributed by atoms with Gasteiger partial charge >= 0.3 is 5.97 Å². The van der Waals surface area contributed by atoms with Crippen LogP contribution in [-0.2, 0) is 31.0 Å². The van der Waals surface area contributed by atoms with Crippen molar-refractivity contribution in [2.45, 2.75) is 59.3 Å². The van der Waals surface area contributed by atoms with Crippen LogP contribution in [0.2, 0.25) is 5.15 Å². The van der Waals surface area contributed by atoms with Gasteiger partial charge in [0.15, 0.2) is 16.7 Å². The van der Waals surface area contributed by atoms with Crippen LogP contribution in [0.1, 0.15) is 49.9 Å². The Bertz CT molecular complexity index is 1470. The third kappa shape index (κ3) is 7.29. The highest BCUT2D eigenvalue weighted by Crippen LogP contribution is 2.33. The van der Waals surface area contributed by atoms with Gasteiger partial charge < -0.3 is 18.8 Å². The molecule has 0 bridgehead atoms. The normalized spacial score (nSPS) is 12.5. The molecule has 2 heterocycles. The fourth-order valence-electron chi connectivity index (χ4n) is 4.97. The Balaban J connectivity index is 1.48. The molecule has 0 atom stereocenters. The lowest BCUT2D eigenvalue weighted by atomic mass is 10.1. The number of hydrogen-bond acceptors (Lipinski definition) is 6. The Kier molecular flexibility index (Phi) is 9.59. The number of hydrogen-bond donors (Lipinski definition) is 0. The number of unbranched alkanes of at least 4 members (excludes halogenated alkanes) is 1. The number of nitrogens with zero attached hydrogens (tertiary/aromatic N) is 3. The van der Waals surface area contributed by atoms with Crippen LogP contribution in [0, 0.1) is 0 Å². The molecule has 0 unspecified atom stereocenters. The van der Waals surface area contributed by atoms with Crippen molar-refractivity contribution < 1.29 is 19.0 Å². The molecule has 41 heavy (non-hydrogen) atoms. The molecule has 1 aliphatic rings. The van der Waals surface area contributed by atoms with E-state index in [0.29, 0.717) is 50.2 Å². The summed E-state index contributed by atoms with van der Waals surface area (Å²) < 4.78 is 19.3. The van der Waals surface area contributed by atoms with E-state index in [9.17, 15) is 4.79 Å². The first kappa shape index (κ1) is 28.7. The molecule has 3 aromatic carbocycles. The van der Waals surface area contributed by atoms with Crippen molar-refractivity contribution in [2.24, 2.45) is 0 Å². The van der Waals surface area contributed by atoms with Crippen molar-refractivity contribution in [3.63, 3.8) is 0 Å². The SMILES string of the molecule is CCCCn1c(-c2ccccc2)nc(Cl)c1CN(Cc1cccc(OC(=O)CC)c1)Cc1ccc2c(c1)OCCO2. The van der Waals surface area contributed by atoms with Crippen LogP contribution in [0.3, 0.4) is 0 Å². The van der Waals surface area contributed by atoms with E-state index in [0.717, 1.165) is 59.1 Å². The number of aromatic nitrogens is 2. The van der Waals surface area contributed by atoms with Gasteiger partial charge in [0.2, 0.25) is 0 Å². The first-order chi connectivity index (χ1) is 20.0. The number of fused-ring (bicyclic) bond motifs is 1. The number of benzene rings is 3. The van der Waals surface area contributed by atoms with Gasteiger partial charge in [0.1, 0.15) is 24.8 Å². The van der Waals surface area contributed by atoms with Crippen LogP contribution in [0.15, 0.2) is 72.8 Å². The molecule has 8 heteroatoms. The molecule has 1 aromatic heterocycles. The molecule has 214 valence electrons. The molecule has 1 aliphatic heterocycles. The Labute approximate surface area is 246 Å². The molecule has 0 spiro atoms. The van der Waals surface area contributed by atoms with E-state index in [2.05, 4.69) is 34.6 Å². The molecule has 0 saturated heterocycles. The van der Waals surface area contributed by atoms with E-state index >= 15 is 0 Å². The fraction of sp³-hybridized carbons (Fsp3) is 0.333. The van der Waals surface area contributed by atoms with Crippen LogP contribution in [0.25, 0.3) is 11.4 Å². The van der Waals surface area contributed by atoms with Gasteiger partial charge in [-0.2, -0.15) is 0 Å². The summed E-state index contributed by atoms with van der Waals surface area (Å²) in [6.07, 6.45) is 2.41. The first-order valence-corrected chi connectivity index (χ1v) is 14.6. The summed E-state index contributed by atoms with van der Waals surface area (Å²) in [5.74, 6) is 2.71. The van der Waals surface area contributed by atoms with Crippen LogP contribution < -0.4 is 14.2 Å². The minimum Gasteiger partial charge on any atom is -0.486 e. The van der Waals surface area contributed by atoms with E-state index in [-0.39, 0.29) is 5.97 Å². The predicted molar refractivity (Wildman–Crippen MR) is 160 cm³/mol. The summed E-state index contributed by atoms with van der Waals surface area (Å²) in [5, 5.41) is 0.512.